The van der Waals surface area contributed by atoms with Crippen LogP contribution in [-0.4, -0.2) is 39.4 Å². The fourth-order valence-corrected chi connectivity index (χ4v) is 3.55. The van der Waals surface area contributed by atoms with Gasteiger partial charge in [-0.1, -0.05) is 12.1 Å². The summed E-state index contributed by atoms with van der Waals surface area (Å²) in [5, 5.41) is 18.0. The normalized spacial score (nSPS) is 15.2. The number of aromatic nitrogens is 4. The van der Waals surface area contributed by atoms with Crippen LogP contribution in [0, 0.1) is 17.2 Å². The third-order valence-corrected chi connectivity index (χ3v) is 4.97. The first kappa shape index (κ1) is 16.3. The minimum Gasteiger partial charge on any atom is -0.370 e. The lowest BCUT2D eigenvalue weighted by Gasteiger charge is -2.34. The molecule has 0 atom stereocenters. The number of anilines is 2. The van der Waals surface area contributed by atoms with Crippen molar-refractivity contribution in [2.24, 2.45) is 13.0 Å². The SMILES string of the molecule is Cn1cc2c(NCC3CCN(c4ccccc4C#N)CC3)ncnc2n1. The number of nitrogens with one attached hydrogen (secondary N) is 1. The van der Waals surface area contributed by atoms with Crippen molar-refractivity contribution >= 4 is 22.5 Å². The van der Waals surface area contributed by atoms with E-state index in [0.29, 0.717) is 11.6 Å². The van der Waals surface area contributed by atoms with Gasteiger partial charge in [-0.25, -0.2) is 9.97 Å². The van der Waals surface area contributed by atoms with Crippen LogP contribution in [0.25, 0.3) is 11.0 Å². The lowest BCUT2D eigenvalue weighted by molar-refractivity contribution is 0.423. The predicted octanol–water partition coefficient (Wildman–Crippen LogP) is 2.56. The van der Waals surface area contributed by atoms with Crippen molar-refractivity contribution < 1.29 is 0 Å². The second-order valence-corrected chi connectivity index (χ2v) is 6.70. The van der Waals surface area contributed by atoms with E-state index in [2.05, 4.69) is 31.4 Å². The van der Waals surface area contributed by atoms with Crippen molar-refractivity contribution in [2.45, 2.75) is 12.8 Å². The first-order valence-corrected chi connectivity index (χ1v) is 8.87. The Morgan fingerprint density at radius 3 is 2.85 bits per heavy atom. The molecule has 2 aromatic heterocycles. The number of rotatable bonds is 4. The molecule has 132 valence electrons. The van der Waals surface area contributed by atoms with Gasteiger partial charge in [0.1, 0.15) is 18.2 Å². The highest BCUT2D eigenvalue weighted by Crippen LogP contribution is 2.26. The monoisotopic (exact) mass is 347 g/mol. The molecule has 1 N–H and O–H groups in total. The van der Waals surface area contributed by atoms with Gasteiger partial charge in [0.2, 0.25) is 0 Å². The van der Waals surface area contributed by atoms with Gasteiger partial charge in [0.05, 0.1) is 16.6 Å². The summed E-state index contributed by atoms with van der Waals surface area (Å²) in [5.74, 6) is 1.43. The zero-order chi connectivity index (χ0) is 17.9. The fourth-order valence-electron chi connectivity index (χ4n) is 3.55. The van der Waals surface area contributed by atoms with Gasteiger partial charge in [-0.05, 0) is 30.9 Å². The van der Waals surface area contributed by atoms with Gasteiger partial charge in [-0.15, -0.1) is 0 Å². The van der Waals surface area contributed by atoms with E-state index in [9.17, 15) is 5.26 Å². The molecule has 0 spiro atoms. The van der Waals surface area contributed by atoms with Gasteiger partial charge in [0.15, 0.2) is 5.65 Å². The largest absolute Gasteiger partial charge is 0.370 e. The third kappa shape index (κ3) is 3.18. The molecule has 1 fully saturated rings. The Hall–Kier alpha value is -3.14. The Labute approximate surface area is 152 Å². The molecule has 0 saturated carbocycles. The molecule has 1 saturated heterocycles. The Bertz CT molecular complexity index is 948. The van der Waals surface area contributed by atoms with Crippen LogP contribution in [-0.2, 0) is 7.05 Å². The van der Waals surface area contributed by atoms with Crippen LogP contribution in [0.5, 0.6) is 0 Å². The van der Waals surface area contributed by atoms with E-state index in [1.807, 2.05) is 37.5 Å². The highest BCUT2D eigenvalue weighted by atomic mass is 15.3. The van der Waals surface area contributed by atoms with Crippen LogP contribution in [0.2, 0.25) is 0 Å². The second-order valence-electron chi connectivity index (χ2n) is 6.70. The number of aryl methyl sites for hydroxylation is 1. The summed E-state index contributed by atoms with van der Waals surface area (Å²) < 4.78 is 1.76. The lowest BCUT2D eigenvalue weighted by atomic mass is 9.96. The molecule has 0 aliphatic carbocycles. The van der Waals surface area contributed by atoms with E-state index < -0.39 is 0 Å². The zero-order valence-electron chi connectivity index (χ0n) is 14.8. The van der Waals surface area contributed by atoms with Crippen molar-refractivity contribution in [2.75, 3.05) is 29.9 Å². The first-order valence-electron chi connectivity index (χ1n) is 8.87. The Balaban J connectivity index is 1.37. The number of nitrogens with zero attached hydrogens (tertiary/aromatic N) is 6. The number of fused-ring (bicyclic) bond motifs is 1. The molecule has 26 heavy (non-hydrogen) atoms. The summed E-state index contributed by atoms with van der Waals surface area (Å²) >= 11 is 0. The van der Waals surface area contributed by atoms with Crippen molar-refractivity contribution in [3.63, 3.8) is 0 Å². The number of nitriles is 1. The van der Waals surface area contributed by atoms with Gasteiger partial charge in [0, 0.05) is 32.9 Å². The Morgan fingerprint density at radius 1 is 1.23 bits per heavy atom. The molecule has 3 heterocycles. The molecule has 7 nitrogen and oxygen atoms in total. The molecular weight excluding hydrogens is 326 g/mol. The summed E-state index contributed by atoms with van der Waals surface area (Å²) in [6.07, 6.45) is 5.68. The molecule has 1 aliphatic heterocycles. The minimum absolute atomic E-state index is 0.585. The number of hydrogen-bond donors (Lipinski definition) is 1. The van der Waals surface area contributed by atoms with Crippen LogP contribution >= 0.6 is 0 Å². The van der Waals surface area contributed by atoms with E-state index in [0.717, 1.165) is 54.9 Å². The highest BCUT2D eigenvalue weighted by Gasteiger charge is 2.21. The molecule has 0 bridgehead atoms. The van der Waals surface area contributed by atoms with E-state index in [-0.39, 0.29) is 0 Å². The lowest BCUT2D eigenvalue weighted by Crippen LogP contribution is -2.36. The van der Waals surface area contributed by atoms with E-state index >= 15 is 0 Å². The quantitative estimate of drug-likeness (QED) is 0.781. The summed E-state index contributed by atoms with van der Waals surface area (Å²) in [5.41, 5.74) is 2.52. The topological polar surface area (TPSA) is 82.7 Å². The van der Waals surface area contributed by atoms with E-state index in [1.165, 1.54) is 0 Å². The van der Waals surface area contributed by atoms with Crippen LogP contribution in [0.15, 0.2) is 36.8 Å². The van der Waals surface area contributed by atoms with Gasteiger partial charge in [-0.2, -0.15) is 10.4 Å². The molecule has 7 heteroatoms. The average molecular weight is 347 g/mol. The Kier molecular flexibility index (Phi) is 4.40. The fraction of sp³-hybridized carbons (Fsp3) is 0.368. The van der Waals surface area contributed by atoms with Crippen molar-refractivity contribution in [3.05, 3.63) is 42.4 Å². The maximum atomic E-state index is 9.29. The Morgan fingerprint density at radius 2 is 2.04 bits per heavy atom. The van der Waals surface area contributed by atoms with Crippen molar-refractivity contribution in [1.82, 2.24) is 19.7 Å². The zero-order valence-corrected chi connectivity index (χ0v) is 14.8. The average Bonchev–Trinajstić information content (AvgIpc) is 3.07. The third-order valence-electron chi connectivity index (χ3n) is 4.97. The summed E-state index contributed by atoms with van der Waals surface area (Å²) in [4.78, 5) is 10.9. The van der Waals surface area contributed by atoms with Crippen LogP contribution < -0.4 is 10.2 Å². The smallest absolute Gasteiger partial charge is 0.186 e. The number of piperidine rings is 1. The minimum atomic E-state index is 0.585. The van der Waals surface area contributed by atoms with Gasteiger partial charge < -0.3 is 10.2 Å². The van der Waals surface area contributed by atoms with Gasteiger partial charge in [-0.3, -0.25) is 4.68 Å². The molecule has 0 unspecified atom stereocenters. The van der Waals surface area contributed by atoms with Gasteiger partial charge >= 0.3 is 0 Å². The van der Waals surface area contributed by atoms with Crippen LogP contribution in [0.3, 0.4) is 0 Å². The van der Waals surface area contributed by atoms with Crippen LogP contribution in [0.1, 0.15) is 18.4 Å². The maximum Gasteiger partial charge on any atom is 0.186 e. The number of benzene rings is 1. The predicted molar refractivity (Wildman–Crippen MR) is 101 cm³/mol. The van der Waals surface area contributed by atoms with E-state index in [1.54, 1.807) is 11.0 Å². The number of hydrogen-bond acceptors (Lipinski definition) is 6. The molecule has 4 rings (SSSR count). The standard InChI is InChI=1S/C19H21N7/c1-25-12-16-18(22-13-23-19(16)24-25)21-11-14-6-8-26(9-7-14)17-5-3-2-4-15(17)10-20/h2-5,12-14H,6-9,11H2,1H3,(H,21,22,23,24). The molecule has 0 amide bonds. The molecule has 1 aromatic carbocycles. The molecule has 3 aromatic rings. The molecule has 1 aliphatic rings. The number of para-hydroxylation sites is 1. The maximum absolute atomic E-state index is 9.29. The van der Waals surface area contributed by atoms with Crippen molar-refractivity contribution in [3.8, 4) is 6.07 Å². The van der Waals surface area contributed by atoms with Crippen LogP contribution in [0.4, 0.5) is 11.5 Å². The summed E-state index contributed by atoms with van der Waals surface area (Å²) in [7, 11) is 1.89. The molecular formula is C19H21N7. The summed E-state index contributed by atoms with van der Waals surface area (Å²) in [6.45, 7) is 2.82. The van der Waals surface area contributed by atoms with Crippen molar-refractivity contribution in [1.29, 1.82) is 5.26 Å². The second kappa shape index (κ2) is 7.00. The first-order chi connectivity index (χ1) is 12.7. The van der Waals surface area contributed by atoms with Gasteiger partial charge in [0.25, 0.3) is 0 Å². The molecule has 0 radical (unpaired) electrons. The summed E-state index contributed by atoms with van der Waals surface area (Å²) in [6, 6.07) is 10.1. The highest BCUT2D eigenvalue weighted by molar-refractivity contribution is 5.85. The van der Waals surface area contributed by atoms with E-state index in [4.69, 9.17) is 0 Å².